The van der Waals surface area contributed by atoms with Gasteiger partial charge in [0.2, 0.25) is 17.6 Å². The number of hydrogen-bond donors (Lipinski definition) is 2. The van der Waals surface area contributed by atoms with Crippen molar-refractivity contribution in [3.8, 4) is 17.1 Å². The van der Waals surface area contributed by atoms with E-state index >= 15 is 0 Å². The summed E-state index contributed by atoms with van der Waals surface area (Å²) < 4.78 is 10.6. The highest BCUT2D eigenvalue weighted by Gasteiger charge is 2.11. The van der Waals surface area contributed by atoms with Crippen molar-refractivity contribution in [2.24, 2.45) is 0 Å². The number of aryl methyl sites for hydroxylation is 1. The van der Waals surface area contributed by atoms with Crippen molar-refractivity contribution < 1.29 is 18.8 Å². The van der Waals surface area contributed by atoms with Gasteiger partial charge in [-0.3, -0.25) is 9.59 Å². The van der Waals surface area contributed by atoms with Crippen LogP contribution in [0.4, 0.5) is 5.69 Å². The lowest BCUT2D eigenvalue weighted by atomic mass is 10.2. The molecule has 0 saturated carbocycles. The van der Waals surface area contributed by atoms with Gasteiger partial charge < -0.3 is 19.9 Å². The molecule has 3 rings (SSSR count). The van der Waals surface area contributed by atoms with Crippen molar-refractivity contribution in [3.05, 3.63) is 60.0 Å². The Morgan fingerprint density at radius 1 is 1.07 bits per heavy atom. The van der Waals surface area contributed by atoms with E-state index in [1.165, 1.54) is 0 Å². The molecule has 0 aliphatic heterocycles. The molecule has 0 atom stereocenters. The minimum absolute atomic E-state index is 0.178. The highest BCUT2D eigenvalue weighted by Crippen LogP contribution is 2.20. The van der Waals surface area contributed by atoms with Gasteiger partial charge >= 0.3 is 0 Å². The quantitative estimate of drug-likeness (QED) is 0.608. The topological polar surface area (TPSA) is 106 Å². The van der Waals surface area contributed by atoms with E-state index in [4.69, 9.17) is 9.26 Å². The maximum atomic E-state index is 12.1. The van der Waals surface area contributed by atoms with Crippen LogP contribution in [-0.4, -0.2) is 35.6 Å². The van der Waals surface area contributed by atoms with Crippen LogP contribution >= 0.6 is 0 Å². The lowest BCUT2D eigenvalue weighted by Gasteiger charge is -2.05. The van der Waals surface area contributed by atoms with E-state index in [2.05, 4.69) is 20.8 Å². The number of carbonyl (C=O) groups excluding carboxylic acids is 2. The van der Waals surface area contributed by atoms with Crippen LogP contribution in [0.5, 0.6) is 5.75 Å². The standard InChI is InChI=1S/C21H22N4O4/c1-3-28-17-10-6-14(7-11-17)20-24-19(29-25-20)13-12-18(26)23-16-8-4-15(5-9-16)21(27)22-2/h4-11H,3,12-13H2,1-2H3,(H,22,27)(H,23,26). The molecule has 2 amide bonds. The Balaban J connectivity index is 1.52. The van der Waals surface area contributed by atoms with Gasteiger partial charge in [-0.25, -0.2) is 0 Å². The second-order valence-corrected chi connectivity index (χ2v) is 6.17. The minimum atomic E-state index is -0.182. The lowest BCUT2D eigenvalue weighted by molar-refractivity contribution is -0.116. The Labute approximate surface area is 168 Å². The third-order valence-corrected chi connectivity index (χ3v) is 4.12. The third-order valence-electron chi connectivity index (χ3n) is 4.12. The fourth-order valence-electron chi connectivity index (χ4n) is 2.63. The summed E-state index contributed by atoms with van der Waals surface area (Å²) >= 11 is 0. The fraction of sp³-hybridized carbons (Fsp3) is 0.238. The summed E-state index contributed by atoms with van der Waals surface area (Å²) in [6.07, 6.45) is 0.522. The van der Waals surface area contributed by atoms with Crippen LogP contribution in [0.25, 0.3) is 11.4 Å². The number of benzene rings is 2. The summed E-state index contributed by atoms with van der Waals surface area (Å²) in [5, 5.41) is 9.29. The van der Waals surface area contributed by atoms with Gasteiger partial charge in [0.15, 0.2) is 0 Å². The van der Waals surface area contributed by atoms with Crippen molar-refractivity contribution in [2.45, 2.75) is 19.8 Å². The van der Waals surface area contributed by atoms with Crippen molar-refractivity contribution >= 4 is 17.5 Å². The zero-order valence-corrected chi connectivity index (χ0v) is 16.3. The predicted molar refractivity (Wildman–Crippen MR) is 108 cm³/mol. The molecule has 1 heterocycles. The molecule has 3 aromatic rings. The third kappa shape index (κ3) is 5.41. The van der Waals surface area contributed by atoms with Gasteiger partial charge in [0, 0.05) is 36.7 Å². The van der Waals surface area contributed by atoms with E-state index in [0.29, 0.717) is 36.0 Å². The minimum Gasteiger partial charge on any atom is -0.494 e. The second-order valence-electron chi connectivity index (χ2n) is 6.17. The number of rotatable bonds is 8. The molecule has 0 unspecified atom stereocenters. The first-order valence-corrected chi connectivity index (χ1v) is 9.27. The Morgan fingerprint density at radius 3 is 2.45 bits per heavy atom. The molecule has 150 valence electrons. The first-order valence-electron chi connectivity index (χ1n) is 9.27. The van der Waals surface area contributed by atoms with Gasteiger partial charge in [-0.15, -0.1) is 0 Å². The van der Waals surface area contributed by atoms with Gasteiger partial charge in [-0.05, 0) is 55.5 Å². The number of carbonyl (C=O) groups is 2. The molecule has 8 nitrogen and oxygen atoms in total. The maximum Gasteiger partial charge on any atom is 0.251 e. The molecule has 1 aromatic heterocycles. The Bertz CT molecular complexity index is 965. The van der Waals surface area contributed by atoms with E-state index in [1.54, 1.807) is 31.3 Å². The number of anilines is 1. The number of nitrogens with one attached hydrogen (secondary N) is 2. The average Bonchev–Trinajstić information content (AvgIpc) is 3.22. The molecular weight excluding hydrogens is 372 g/mol. The maximum absolute atomic E-state index is 12.1. The summed E-state index contributed by atoms with van der Waals surface area (Å²) in [7, 11) is 1.57. The highest BCUT2D eigenvalue weighted by atomic mass is 16.5. The Hall–Kier alpha value is -3.68. The molecular formula is C21H22N4O4. The van der Waals surface area contributed by atoms with E-state index in [9.17, 15) is 9.59 Å². The van der Waals surface area contributed by atoms with Crippen LogP contribution in [-0.2, 0) is 11.2 Å². The number of nitrogens with zero attached hydrogens (tertiary/aromatic N) is 2. The summed E-state index contributed by atoms with van der Waals surface area (Å²) in [6, 6.07) is 14.1. The number of amides is 2. The van der Waals surface area contributed by atoms with Crippen LogP contribution in [0.3, 0.4) is 0 Å². The SMILES string of the molecule is CCOc1ccc(-c2noc(CCC(=O)Nc3ccc(C(=O)NC)cc3)n2)cc1. The molecule has 2 N–H and O–H groups in total. The van der Waals surface area contributed by atoms with Crippen molar-refractivity contribution in [3.63, 3.8) is 0 Å². The van der Waals surface area contributed by atoms with Gasteiger partial charge in [-0.2, -0.15) is 4.98 Å². The molecule has 0 bridgehead atoms. The predicted octanol–water partition coefficient (Wildman–Crippen LogP) is 3.07. The van der Waals surface area contributed by atoms with Gasteiger partial charge in [0.25, 0.3) is 5.91 Å². The lowest BCUT2D eigenvalue weighted by Crippen LogP contribution is -2.18. The zero-order chi connectivity index (χ0) is 20.6. The Morgan fingerprint density at radius 2 is 1.79 bits per heavy atom. The van der Waals surface area contributed by atoms with Crippen molar-refractivity contribution in [1.29, 1.82) is 0 Å². The Kier molecular flexibility index (Phi) is 6.57. The average molecular weight is 394 g/mol. The molecule has 2 aromatic carbocycles. The van der Waals surface area contributed by atoms with Crippen LogP contribution in [0.15, 0.2) is 53.1 Å². The summed E-state index contributed by atoms with van der Waals surface area (Å²) in [5.74, 6) is 1.27. The first kappa shape index (κ1) is 20.1. The van der Waals surface area contributed by atoms with Crippen LogP contribution in [0.2, 0.25) is 0 Å². The molecule has 0 radical (unpaired) electrons. The largest absolute Gasteiger partial charge is 0.494 e. The van der Waals surface area contributed by atoms with E-state index < -0.39 is 0 Å². The molecule has 8 heteroatoms. The second kappa shape index (κ2) is 9.50. The molecule has 0 aliphatic carbocycles. The molecule has 0 fully saturated rings. The number of aromatic nitrogens is 2. The normalized spacial score (nSPS) is 10.4. The van der Waals surface area contributed by atoms with Crippen LogP contribution in [0.1, 0.15) is 29.6 Å². The van der Waals surface area contributed by atoms with Crippen molar-refractivity contribution in [1.82, 2.24) is 15.5 Å². The number of hydrogen-bond acceptors (Lipinski definition) is 6. The van der Waals surface area contributed by atoms with E-state index in [-0.39, 0.29) is 18.2 Å². The van der Waals surface area contributed by atoms with Crippen LogP contribution < -0.4 is 15.4 Å². The molecule has 0 aliphatic rings. The highest BCUT2D eigenvalue weighted by molar-refractivity contribution is 5.95. The first-order chi connectivity index (χ1) is 14.1. The van der Waals surface area contributed by atoms with Gasteiger partial charge in [0.1, 0.15) is 5.75 Å². The van der Waals surface area contributed by atoms with E-state index in [1.807, 2.05) is 31.2 Å². The smallest absolute Gasteiger partial charge is 0.251 e. The zero-order valence-electron chi connectivity index (χ0n) is 16.3. The van der Waals surface area contributed by atoms with Gasteiger partial charge in [-0.1, -0.05) is 5.16 Å². The summed E-state index contributed by atoms with van der Waals surface area (Å²) in [5.41, 5.74) is 1.95. The van der Waals surface area contributed by atoms with E-state index in [0.717, 1.165) is 11.3 Å². The van der Waals surface area contributed by atoms with Crippen LogP contribution in [0, 0.1) is 0 Å². The summed E-state index contributed by atoms with van der Waals surface area (Å²) in [4.78, 5) is 28.0. The number of ether oxygens (including phenoxy) is 1. The molecule has 29 heavy (non-hydrogen) atoms. The monoisotopic (exact) mass is 394 g/mol. The molecule has 0 spiro atoms. The van der Waals surface area contributed by atoms with Crippen molar-refractivity contribution in [2.75, 3.05) is 19.0 Å². The fourth-order valence-corrected chi connectivity index (χ4v) is 2.63. The molecule has 0 saturated heterocycles. The van der Waals surface area contributed by atoms with Gasteiger partial charge in [0.05, 0.1) is 6.61 Å². The summed E-state index contributed by atoms with van der Waals surface area (Å²) in [6.45, 7) is 2.53.